The third kappa shape index (κ3) is 3.45. The van der Waals surface area contributed by atoms with Crippen LogP contribution >= 0.6 is 0 Å². The largest absolute Gasteiger partial charge is 0.444 e. The average molecular weight is 301 g/mol. The van der Waals surface area contributed by atoms with E-state index in [1.165, 1.54) is 31.2 Å². The van der Waals surface area contributed by atoms with Crippen LogP contribution < -0.4 is 0 Å². The molecule has 2 fully saturated rings. The van der Waals surface area contributed by atoms with Gasteiger partial charge in [-0.3, -0.25) is 0 Å². The first kappa shape index (κ1) is 15.4. The molecule has 0 radical (unpaired) electrons. The Hall–Kier alpha value is -1.51. The molecule has 22 heavy (non-hydrogen) atoms. The van der Waals surface area contributed by atoms with Crippen LogP contribution in [0, 0.1) is 11.3 Å². The molecule has 1 spiro atoms. The smallest absolute Gasteiger partial charge is 0.410 e. The van der Waals surface area contributed by atoms with E-state index in [9.17, 15) is 4.79 Å². The molecule has 0 N–H and O–H groups in total. The Morgan fingerprint density at radius 3 is 2.59 bits per heavy atom. The highest BCUT2D eigenvalue weighted by molar-refractivity contribution is 5.69. The number of carbonyl (C=O) groups excluding carboxylic acids is 1. The molecule has 1 amide bonds. The summed E-state index contributed by atoms with van der Waals surface area (Å²) in [5.41, 5.74) is 1.41. The molecule has 1 aromatic rings. The number of benzene rings is 1. The first-order chi connectivity index (χ1) is 10.4. The number of likely N-dealkylation sites (tertiary alicyclic amines) is 1. The quantitative estimate of drug-likeness (QED) is 0.816. The van der Waals surface area contributed by atoms with Gasteiger partial charge in [-0.25, -0.2) is 4.79 Å². The van der Waals surface area contributed by atoms with Crippen molar-refractivity contribution in [3.63, 3.8) is 0 Å². The van der Waals surface area contributed by atoms with E-state index in [1.54, 1.807) is 0 Å². The molecular formula is C19H27NO2. The van der Waals surface area contributed by atoms with Gasteiger partial charge in [-0.2, -0.15) is 0 Å². The van der Waals surface area contributed by atoms with Gasteiger partial charge >= 0.3 is 6.09 Å². The third-order valence-corrected chi connectivity index (χ3v) is 4.88. The Labute approximate surface area is 133 Å². The number of nitrogens with zero attached hydrogens (tertiary/aromatic N) is 1. The summed E-state index contributed by atoms with van der Waals surface area (Å²) in [4.78, 5) is 13.9. The zero-order chi connectivity index (χ0) is 15.8. The van der Waals surface area contributed by atoms with Crippen LogP contribution in [0.25, 0.3) is 0 Å². The van der Waals surface area contributed by atoms with E-state index in [0.29, 0.717) is 5.41 Å². The highest BCUT2D eigenvalue weighted by atomic mass is 16.6. The number of rotatable bonds is 2. The van der Waals surface area contributed by atoms with Gasteiger partial charge in [0, 0.05) is 18.5 Å². The van der Waals surface area contributed by atoms with Crippen LogP contribution in [0.2, 0.25) is 0 Å². The fourth-order valence-electron chi connectivity index (χ4n) is 3.95. The second-order valence-electron chi connectivity index (χ2n) is 8.13. The first-order valence-corrected chi connectivity index (χ1v) is 8.37. The predicted octanol–water partition coefficient (Wildman–Crippen LogP) is 4.27. The molecule has 1 aliphatic heterocycles. The molecule has 3 rings (SSSR count). The predicted molar refractivity (Wildman–Crippen MR) is 87.7 cm³/mol. The van der Waals surface area contributed by atoms with Crippen molar-refractivity contribution in [2.24, 2.45) is 11.3 Å². The van der Waals surface area contributed by atoms with Crippen LogP contribution in [-0.4, -0.2) is 29.7 Å². The zero-order valence-corrected chi connectivity index (χ0v) is 14.0. The maximum Gasteiger partial charge on any atom is 0.410 e. The van der Waals surface area contributed by atoms with Gasteiger partial charge < -0.3 is 9.64 Å². The second-order valence-corrected chi connectivity index (χ2v) is 8.13. The number of ether oxygens (including phenoxy) is 1. The monoisotopic (exact) mass is 301 g/mol. The van der Waals surface area contributed by atoms with Crippen LogP contribution in [0.5, 0.6) is 0 Å². The average Bonchev–Trinajstić information content (AvgIpc) is 2.80. The molecule has 0 unspecified atom stereocenters. The molecule has 0 aromatic heterocycles. The summed E-state index contributed by atoms with van der Waals surface area (Å²) in [5, 5.41) is 0. The minimum absolute atomic E-state index is 0.148. The van der Waals surface area contributed by atoms with Crippen molar-refractivity contribution in [1.82, 2.24) is 4.90 Å². The van der Waals surface area contributed by atoms with E-state index in [4.69, 9.17) is 4.74 Å². The Balaban J connectivity index is 1.49. The maximum absolute atomic E-state index is 12.1. The third-order valence-electron chi connectivity index (χ3n) is 4.88. The topological polar surface area (TPSA) is 29.5 Å². The number of amides is 1. The normalized spacial score (nSPS) is 23.4. The summed E-state index contributed by atoms with van der Waals surface area (Å²) < 4.78 is 5.45. The zero-order valence-electron chi connectivity index (χ0n) is 14.0. The van der Waals surface area contributed by atoms with E-state index in [2.05, 4.69) is 30.3 Å². The van der Waals surface area contributed by atoms with Gasteiger partial charge in [-0.15, -0.1) is 0 Å². The van der Waals surface area contributed by atoms with E-state index in [-0.39, 0.29) is 6.09 Å². The highest BCUT2D eigenvalue weighted by Crippen LogP contribution is 2.49. The Bertz CT molecular complexity index is 526. The molecule has 0 bridgehead atoms. The van der Waals surface area contributed by atoms with Crippen molar-refractivity contribution >= 4 is 6.09 Å². The standard InChI is InChI=1S/C19H27NO2/c1-18(2,3)22-17(21)20-13-19(14-20)10-9-16(12-19)11-15-7-5-4-6-8-15/h4-8,16H,9-14H2,1-3H3/t16-/m1/s1. The summed E-state index contributed by atoms with van der Waals surface area (Å²) in [6.07, 6.45) is 4.82. The van der Waals surface area contributed by atoms with Crippen LogP contribution in [0.3, 0.4) is 0 Å². The number of carbonyl (C=O) groups is 1. The molecule has 1 aromatic carbocycles. The van der Waals surface area contributed by atoms with E-state index < -0.39 is 5.60 Å². The molecule has 1 aliphatic carbocycles. The molecule has 3 nitrogen and oxygen atoms in total. The van der Waals surface area contributed by atoms with Crippen molar-refractivity contribution in [1.29, 1.82) is 0 Å². The van der Waals surface area contributed by atoms with Gasteiger partial charge in [0.25, 0.3) is 0 Å². The van der Waals surface area contributed by atoms with Gasteiger partial charge in [0.1, 0.15) is 5.60 Å². The summed E-state index contributed by atoms with van der Waals surface area (Å²) >= 11 is 0. The van der Waals surface area contributed by atoms with Crippen molar-refractivity contribution in [2.45, 2.75) is 52.1 Å². The first-order valence-electron chi connectivity index (χ1n) is 8.37. The summed E-state index contributed by atoms with van der Waals surface area (Å²) in [6.45, 7) is 7.53. The molecular weight excluding hydrogens is 274 g/mol. The van der Waals surface area contributed by atoms with Crippen LogP contribution in [0.15, 0.2) is 30.3 Å². The lowest BCUT2D eigenvalue weighted by molar-refractivity contribution is -0.0332. The molecule has 1 atom stereocenters. The number of hydrogen-bond acceptors (Lipinski definition) is 2. The van der Waals surface area contributed by atoms with Crippen LogP contribution in [0.1, 0.15) is 45.6 Å². The van der Waals surface area contributed by atoms with Gasteiger partial charge in [0.15, 0.2) is 0 Å². The van der Waals surface area contributed by atoms with Gasteiger partial charge in [0.05, 0.1) is 0 Å². The van der Waals surface area contributed by atoms with E-state index in [1.807, 2.05) is 25.7 Å². The lowest BCUT2D eigenvalue weighted by Gasteiger charge is -2.48. The SMILES string of the molecule is CC(C)(C)OC(=O)N1CC2(CC[C@H](Cc3ccccc3)C2)C1. The molecule has 1 heterocycles. The van der Waals surface area contributed by atoms with E-state index in [0.717, 1.165) is 19.0 Å². The lowest BCUT2D eigenvalue weighted by atomic mass is 9.77. The van der Waals surface area contributed by atoms with Crippen molar-refractivity contribution in [3.8, 4) is 0 Å². The van der Waals surface area contributed by atoms with Crippen LogP contribution in [-0.2, 0) is 11.2 Å². The van der Waals surface area contributed by atoms with Gasteiger partial charge in [0.2, 0.25) is 0 Å². The Morgan fingerprint density at radius 1 is 1.27 bits per heavy atom. The summed E-state index contributed by atoms with van der Waals surface area (Å²) in [7, 11) is 0. The molecule has 2 aliphatic rings. The lowest BCUT2D eigenvalue weighted by Crippen LogP contribution is -2.58. The minimum atomic E-state index is -0.397. The van der Waals surface area contributed by atoms with Gasteiger partial charge in [-0.05, 0) is 57.9 Å². The summed E-state index contributed by atoms with van der Waals surface area (Å²) in [5.74, 6) is 0.767. The second kappa shape index (κ2) is 5.60. The summed E-state index contributed by atoms with van der Waals surface area (Å²) in [6, 6.07) is 10.8. The highest BCUT2D eigenvalue weighted by Gasteiger charge is 2.50. The molecule has 1 saturated heterocycles. The Kier molecular flexibility index (Phi) is 3.92. The molecule has 3 heteroatoms. The van der Waals surface area contributed by atoms with E-state index >= 15 is 0 Å². The maximum atomic E-state index is 12.1. The van der Waals surface area contributed by atoms with Crippen molar-refractivity contribution < 1.29 is 9.53 Å². The van der Waals surface area contributed by atoms with Crippen molar-refractivity contribution in [3.05, 3.63) is 35.9 Å². The van der Waals surface area contributed by atoms with Crippen molar-refractivity contribution in [2.75, 3.05) is 13.1 Å². The minimum Gasteiger partial charge on any atom is -0.444 e. The fraction of sp³-hybridized carbons (Fsp3) is 0.632. The van der Waals surface area contributed by atoms with Crippen LogP contribution in [0.4, 0.5) is 4.79 Å². The fourth-order valence-corrected chi connectivity index (χ4v) is 3.95. The van der Waals surface area contributed by atoms with Gasteiger partial charge in [-0.1, -0.05) is 30.3 Å². The Morgan fingerprint density at radius 2 is 1.95 bits per heavy atom. The molecule has 1 saturated carbocycles. The molecule has 120 valence electrons. The number of hydrogen-bond donors (Lipinski definition) is 0.